The molecule has 0 unspecified atom stereocenters. The molecular weight excluding hydrogens is 206 g/mol. The standard InChI is InChI=1S/C10H13N5O/c1-7-10(15-16-14-7)6-11-5-9-3-4-12-8(2)13-9/h3-4,11H,5-6H2,1-2H3. The predicted octanol–water partition coefficient (Wildman–Crippen LogP) is 0.766. The molecule has 2 aromatic rings. The second-order valence-corrected chi connectivity index (χ2v) is 3.50. The molecule has 0 saturated carbocycles. The lowest BCUT2D eigenvalue weighted by molar-refractivity contribution is 0.300. The number of hydrogen-bond acceptors (Lipinski definition) is 6. The summed E-state index contributed by atoms with van der Waals surface area (Å²) in [6, 6.07) is 1.88. The largest absolute Gasteiger partial charge is 0.305 e. The maximum Gasteiger partial charge on any atom is 0.125 e. The molecule has 0 amide bonds. The molecule has 0 aliphatic heterocycles. The van der Waals surface area contributed by atoms with Gasteiger partial charge in [-0.2, -0.15) is 0 Å². The van der Waals surface area contributed by atoms with Gasteiger partial charge in [-0.3, -0.25) is 0 Å². The molecule has 0 spiro atoms. The van der Waals surface area contributed by atoms with Gasteiger partial charge in [0.2, 0.25) is 0 Å². The molecule has 0 radical (unpaired) electrons. The lowest BCUT2D eigenvalue weighted by Gasteiger charge is -2.02. The van der Waals surface area contributed by atoms with Crippen molar-refractivity contribution in [3.63, 3.8) is 0 Å². The van der Waals surface area contributed by atoms with E-state index in [0.717, 1.165) is 22.9 Å². The first kappa shape index (κ1) is 10.7. The minimum atomic E-state index is 0.623. The number of hydrogen-bond donors (Lipinski definition) is 1. The molecule has 0 atom stereocenters. The van der Waals surface area contributed by atoms with E-state index in [-0.39, 0.29) is 0 Å². The van der Waals surface area contributed by atoms with Crippen LogP contribution >= 0.6 is 0 Å². The summed E-state index contributed by atoms with van der Waals surface area (Å²) in [6.07, 6.45) is 1.75. The van der Waals surface area contributed by atoms with E-state index in [9.17, 15) is 0 Å². The van der Waals surface area contributed by atoms with Crippen molar-refractivity contribution in [2.24, 2.45) is 0 Å². The Morgan fingerprint density at radius 3 is 2.81 bits per heavy atom. The van der Waals surface area contributed by atoms with Gasteiger partial charge in [0.1, 0.15) is 17.2 Å². The van der Waals surface area contributed by atoms with Gasteiger partial charge in [-0.25, -0.2) is 14.6 Å². The molecule has 0 aromatic carbocycles. The van der Waals surface area contributed by atoms with Crippen LogP contribution in [0.15, 0.2) is 16.9 Å². The summed E-state index contributed by atoms with van der Waals surface area (Å²) >= 11 is 0. The molecule has 16 heavy (non-hydrogen) atoms. The first-order valence-electron chi connectivity index (χ1n) is 5.03. The summed E-state index contributed by atoms with van der Waals surface area (Å²) in [7, 11) is 0. The van der Waals surface area contributed by atoms with E-state index in [1.54, 1.807) is 6.20 Å². The van der Waals surface area contributed by atoms with Crippen molar-refractivity contribution in [2.45, 2.75) is 26.9 Å². The van der Waals surface area contributed by atoms with Crippen molar-refractivity contribution in [3.8, 4) is 0 Å². The molecule has 0 bridgehead atoms. The average molecular weight is 219 g/mol. The van der Waals surface area contributed by atoms with Gasteiger partial charge in [-0.15, -0.1) is 0 Å². The Morgan fingerprint density at radius 2 is 2.12 bits per heavy atom. The van der Waals surface area contributed by atoms with E-state index in [1.165, 1.54) is 0 Å². The summed E-state index contributed by atoms with van der Waals surface area (Å²) < 4.78 is 4.60. The van der Waals surface area contributed by atoms with Gasteiger partial charge in [0.25, 0.3) is 0 Å². The van der Waals surface area contributed by atoms with Crippen LogP contribution < -0.4 is 5.32 Å². The topological polar surface area (TPSA) is 76.7 Å². The Kier molecular flexibility index (Phi) is 3.21. The zero-order valence-corrected chi connectivity index (χ0v) is 9.27. The van der Waals surface area contributed by atoms with E-state index in [0.29, 0.717) is 13.1 Å². The highest BCUT2D eigenvalue weighted by Crippen LogP contribution is 2.00. The lowest BCUT2D eigenvalue weighted by Crippen LogP contribution is -2.15. The zero-order valence-electron chi connectivity index (χ0n) is 9.27. The van der Waals surface area contributed by atoms with E-state index >= 15 is 0 Å². The fraction of sp³-hybridized carbons (Fsp3) is 0.400. The van der Waals surface area contributed by atoms with Gasteiger partial charge in [0.15, 0.2) is 0 Å². The highest BCUT2D eigenvalue weighted by molar-refractivity contribution is 5.05. The fourth-order valence-corrected chi connectivity index (χ4v) is 1.32. The Balaban J connectivity index is 1.87. The fourth-order valence-electron chi connectivity index (χ4n) is 1.32. The molecule has 0 fully saturated rings. The molecule has 0 aliphatic rings. The molecule has 2 rings (SSSR count). The van der Waals surface area contributed by atoms with Crippen LogP contribution in [0.1, 0.15) is 22.9 Å². The van der Waals surface area contributed by atoms with Gasteiger partial charge in [0, 0.05) is 19.3 Å². The summed E-state index contributed by atoms with van der Waals surface area (Å²) in [5.74, 6) is 0.776. The second kappa shape index (κ2) is 4.80. The van der Waals surface area contributed by atoms with E-state index in [2.05, 4.69) is 30.2 Å². The van der Waals surface area contributed by atoms with Crippen molar-refractivity contribution in [1.29, 1.82) is 0 Å². The molecule has 84 valence electrons. The van der Waals surface area contributed by atoms with Crippen LogP contribution in [-0.4, -0.2) is 20.3 Å². The third-order valence-electron chi connectivity index (χ3n) is 2.18. The quantitative estimate of drug-likeness (QED) is 0.818. The van der Waals surface area contributed by atoms with Crippen molar-refractivity contribution < 1.29 is 4.63 Å². The van der Waals surface area contributed by atoms with Gasteiger partial charge >= 0.3 is 0 Å². The summed E-state index contributed by atoms with van der Waals surface area (Å²) in [5, 5.41) is 10.7. The first-order valence-corrected chi connectivity index (χ1v) is 5.03. The maximum atomic E-state index is 4.60. The highest BCUT2D eigenvalue weighted by atomic mass is 16.6. The first-order chi connectivity index (χ1) is 7.75. The monoisotopic (exact) mass is 219 g/mol. The van der Waals surface area contributed by atoms with Crippen LogP contribution in [0.2, 0.25) is 0 Å². The van der Waals surface area contributed by atoms with Crippen molar-refractivity contribution in [1.82, 2.24) is 25.6 Å². The van der Waals surface area contributed by atoms with Crippen LogP contribution in [0.5, 0.6) is 0 Å². The summed E-state index contributed by atoms with van der Waals surface area (Å²) in [6.45, 7) is 5.03. The molecule has 6 heteroatoms. The Morgan fingerprint density at radius 1 is 1.25 bits per heavy atom. The molecular formula is C10H13N5O. The third-order valence-corrected chi connectivity index (χ3v) is 2.18. The molecule has 2 aromatic heterocycles. The third kappa shape index (κ3) is 2.60. The molecule has 6 nitrogen and oxygen atoms in total. The Bertz CT molecular complexity index is 468. The molecule has 2 heterocycles. The second-order valence-electron chi connectivity index (χ2n) is 3.50. The van der Waals surface area contributed by atoms with E-state index in [4.69, 9.17) is 0 Å². The Hall–Kier alpha value is -1.82. The number of nitrogens with one attached hydrogen (secondary N) is 1. The van der Waals surface area contributed by atoms with Gasteiger partial charge in [0.05, 0.1) is 5.69 Å². The van der Waals surface area contributed by atoms with Crippen molar-refractivity contribution >= 4 is 0 Å². The number of nitrogens with zero attached hydrogens (tertiary/aromatic N) is 4. The minimum absolute atomic E-state index is 0.623. The van der Waals surface area contributed by atoms with Crippen molar-refractivity contribution in [2.75, 3.05) is 0 Å². The van der Waals surface area contributed by atoms with E-state index in [1.807, 2.05) is 19.9 Å². The van der Waals surface area contributed by atoms with E-state index < -0.39 is 0 Å². The van der Waals surface area contributed by atoms with Crippen molar-refractivity contribution in [3.05, 3.63) is 35.2 Å². The van der Waals surface area contributed by atoms with Crippen LogP contribution in [-0.2, 0) is 13.1 Å². The molecule has 1 N–H and O–H groups in total. The van der Waals surface area contributed by atoms with Crippen LogP contribution in [0.4, 0.5) is 0 Å². The minimum Gasteiger partial charge on any atom is -0.305 e. The zero-order chi connectivity index (χ0) is 11.4. The lowest BCUT2D eigenvalue weighted by atomic mass is 10.3. The van der Waals surface area contributed by atoms with Crippen LogP contribution in [0.3, 0.4) is 0 Å². The molecule has 0 saturated heterocycles. The Labute approximate surface area is 93.1 Å². The summed E-state index contributed by atoms with van der Waals surface area (Å²) in [4.78, 5) is 8.32. The smallest absolute Gasteiger partial charge is 0.125 e. The number of rotatable bonds is 4. The number of aromatic nitrogens is 4. The van der Waals surface area contributed by atoms with Crippen LogP contribution in [0.25, 0.3) is 0 Å². The van der Waals surface area contributed by atoms with Gasteiger partial charge < -0.3 is 5.32 Å². The summed E-state index contributed by atoms with van der Waals surface area (Å²) in [5.41, 5.74) is 2.60. The SMILES string of the molecule is Cc1nccc(CNCc2nonc2C)n1. The van der Waals surface area contributed by atoms with Gasteiger partial charge in [-0.05, 0) is 19.9 Å². The van der Waals surface area contributed by atoms with Gasteiger partial charge in [-0.1, -0.05) is 10.3 Å². The predicted molar refractivity (Wildman–Crippen MR) is 56.3 cm³/mol. The molecule has 0 aliphatic carbocycles. The normalized spacial score (nSPS) is 10.6. The average Bonchev–Trinajstić information content (AvgIpc) is 2.65. The highest BCUT2D eigenvalue weighted by Gasteiger charge is 2.04. The van der Waals surface area contributed by atoms with Crippen LogP contribution in [0, 0.1) is 13.8 Å². The number of aryl methyl sites for hydroxylation is 2. The maximum absolute atomic E-state index is 4.60.